The molecule has 3 rings (SSSR count). The highest BCUT2D eigenvalue weighted by atomic mass is 19.1. The minimum Gasteiger partial charge on any atom is -0.404 e. The van der Waals surface area contributed by atoms with Crippen LogP contribution in [0.1, 0.15) is 18.8 Å². The Balaban J connectivity index is 1.88. The Morgan fingerprint density at radius 1 is 1.33 bits per heavy atom. The van der Waals surface area contributed by atoms with E-state index in [1.807, 2.05) is 6.92 Å². The van der Waals surface area contributed by atoms with Gasteiger partial charge in [-0.2, -0.15) is 0 Å². The zero-order valence-corrected chi connectivity index (χ0v) is 12.8. The number of nitrogens with zero attached hydrogens (tertiary/aromatic N) is 5. The van der Waals surface area contributed by atoms with Crippen LogP contribution in [0, 0.1) is 11.2 Å². The SMILES string of the molecule is C[C@H](Nc1ccc2ncn(C(=N)/C=C\N)c2n1)c1ncc(F)cn1. The molecular weight excluding hydrogens is 311 g/mol. The number of hydrogen-bond donors (Lipinski definition) is 3. The van der Waals surface area contributed by atoms with E-state index in [-0.39, 0.29) is 11.9 Å². The number of anilines is 1. The number of halogens is 1. The number of allylic oxidation sites excluding steroid dienone is 1. The number of hydrogen-bond acceptors (Lipinski definition) is 7. The minimum atomic E-state index is -0.485. The molecule has 3 heterocycles. The lowest BCUT2D eigenvalue weighted by Crippen LogP contribution is -2.12. The molecule has 0 aliphatic rings. The maximum Gasteiger partial charge on any atom is 0.167 e. The van der Waals surface area contributed by atoms with E-state index in [1.165, 1.54) is 23.2 Å². The van der Waals surface area contributed by atoms with E-state index in [2.05, 4.69) is 25.3 Å². The van der Waals surface area contributed by atoms with Crippen LogP contribution in [0.25, 0.3) is 11.2 Å². The first-order valence-corrected chi connectivity index (χ1v) is 7.14. The first-order valence-electron chi connectivity index (χ1n) is 7.14. The van der Waals surface area contributed by atoms with Gasteiger partial charge in [0.2, 0.25) is 0 Å². The second kappa shape index (κ2) is 6.41. The molecule has 0 amide bonds. The molecule has 1 atom stereocenters. The molecule has 8 nitrogen and oxygen atoms in total. The maximum atomic E-state index is 12.9. The van der Waals surface area contributed by atoms with Crippen molar-refractivity contribution in [1.29, 1.82) is 5.41 Å². The van der Waals surface area contributed by atoms with E-state index in [0.29, 0.717) is 22.8 Å². The molecule has 9 heteroatoms. The Morgan fingerprint density at radius 2 is 2.08 bits per heavy atom. The van der Waals surface area contributed by atoms with Crippen LogP contribution in [-0.4, -0.2) is 30.3 Å². The standard InChI is InChI=1S/C15H15FN8/c1-9(14-19-6-10(16)7-20-14)22-13-3-2-11-15(23-13)24(8-21-11)12(18)4-5-17/h2-9,18H,17H2,1H3,(H,22,23)/b5-4-,18-12?/t9-/m0/s1. The fraction of sp³-hybridized carbons (Fsp3) is 0.133. The lowest BCUT2D eigenvalue weighted by molar-refractivity contribution is 0.604. The van der Waals surface area contributed by atoms with Gasteiger partial charge in [0.05, 0.1) is 18.4 Å². The van der Waals surface area contributed by atoms with Crippen LogP contribution in [0.2, 0.25) is 0 Å². The highest BCUT2D eigenvalue weighted by Crippen LogP contribution is 2.18. The number of pyridine rings is 1. The normalized spacial score (nSPS) is 12.6. The summed E-state index contributed by atoms with van der Waals surface area (Å²) in [6.45, 7) is 1.84. The van der Waals surface area contributed by atoms with Gasteiger partial charge in [-0.05, 0) is 31.3 Å². The van der Waals surface area contributed by atoms with Gasteiger partial charge in [-0.3, -0.25) is 9.98 Å². The average molecular weight is 326 g/mol. The van der Waals surface area contributed by atoms with Crippen molar-refractivity contribution in [2.75, 3.05) is 5.32 Å². The van der Waals surface area contributed by atoms with Crippen LogP contribution < -0.4 is 11.1 Å². The zero-order chi connectivity index (χ0) is 17.1. The Labute approximate surface area is 136 Å². The predicted molar refractivity (Wildman–Crippen MR) is 88.0 cm³/mol. The summed E-state index contributed by atoms with van der Waals surface area (Å²) >= 11 is 0. The molecule has 0 bridgehead atoms. The van der Waals surface area contributed by atoms with Crippen molar-refractivity contribution in [1.82, 2.24) is 24.5 Å². The van der Waals surface area contributed by atoms with Gasteiger partial charge in [-0.15, -0.1) is 0 Å². The largest absolute Gasteiger partial charge is 0.404 e. The molecule has 0 radical (unpaired) electrons. The molecule has 4 N–H and O–H groups in total. The van der Waals surface area contributed by atoms with E-state index >= 15 is 0 Å². The topological polar surface area (TPSA) is 118 Å². The van der Waals surface area contributed by atoms with Crippen LogP contribution in [0.3, 0.4) is 0 Å². The molecular formula is C15H15FN8. The second-order valence-corrected chi connectivity index (χ2v) is 5.02. The smallest absolute Gasteiger partial charge is 0.167 e. The van der Waals surface area contributed by atoms with Gasteiger partial charge in [0, 0.05) is 0 Å². The summed E-state index contributed by atoms with van der Waals surface area (Å²) in [4.78, 5) is 16.6. The number of imidazole rings is 1. The third-order valence-electron chi connectivity index (χ3n) is 3.30. The molecule has 0 saturated carbocycles. The molecule has 0 aliphatic carbocycles. The molecule has 0 spiro atoms. The van der Waals surface area contributed by atoms with Crippen LogP contribution in [0.5, 0.6) is 0 Å². The summed E-state index contributed by atoms with van der Waals surface area (Å²) in [5, 5.41) is 11.1. The molecule has 0 unspecified atom stereocenters. The predicted octanol–water partition coefficient (Wildman–Crippen LogP) is 1.83. The van der Waals surface area contributed by atoms with Crippen LogP contribution in [0.4, 0.5) is 10.2 Å². The van der Waals surface area contributed by atoms with Crippen molar-refractivity contribution >= 4 is 22.8 Å². The lowest BCUT2D eigenvalue weighted by Gasteiger charge is -2.13. The summed E-state index contributed by atoms with van der Waals surface area (Å²) in [6.07, 6.45) is 6.47. The monoisotopic (exact) mass is 326 g/mol. The van der Waals surface area contributed by atoms with Crippen molar-refractivity contribution in [2.45, 2.75) is 13.0 Å². The molecule has 0 aromatic carbocycles. The van der Waals surface area contributed by atoms with E-state index in [4.69, 9.17) is 11.1 Å². The van der Waals surface area contributed by atoms with Crippen LogP contribution in [-0.2, 0) is 0 Å². The minimum absolute atomic E-state index is 0.152. The highest BCUT2D eigenvalue weighted by Gasteiger charge is 2.12. The molecule has 24 heavy (non-hydrogen) atoms. The molecule has 0 aliphatic heterocycles. The first kappa shape index (κ1) is 15.5. The van der Waals surface area contributed by atoms with Gasteiger partial charge in [0.1, 0.15) is 29.3 Å². The number of fused-ring (bicyclic) bond motifs is 1. The van der Waals surface area contributed by atoms with Crippen molar-refractivity contribution in [3.05, 3.63) is 54.8 Å². The van der Waals surface area contributed by atoms with Gasteiger partial charge in [-0.25, -0.2) is 24.3 Å². The molecule has 0 fully saturated rings. The summed E-state index contributed by atoms with van der Waals surface area (Å²) in [6, 6.07) is 3.29. The number of nitrogens with one attached hydrogen (secondary N) is 2. The van der Waals surface area contributed by atoms with Gasteiger partial charge in [0.25, 0.3) is 0 Å². The van der Waals surface area contributed by atoms with E-state index < -0.39 is 5.82 Å². The first-order chi connectivity index (χ1) is 11.6. The zero-order valence-electron chi connectivity index (χ0n) is 12.8. The Morgan fingerprint density at radius 3 is 2.79 bits per heavy atom. The van der Waals surface area contributed by atoms with Gasteiger partial charge in [-0.1, -0.05) is 0 Å². The van der Waals surface area contributed by atoms with Crippen molar-refractivity contribution in [3.8, 4) is 0 Å². The fourth-order valence-electron chi connectivity index (χ4n) is 2.15. The van der Waals surface area contributed by atoms with Crippen LogP contribution in [0.15, 0.2) is 43.1 Å². The summed E-state index contributed by atoms with van der Waals surface area (Å²) in [5.41, 5.74) is 6.50. The average Bonchev–Trinajstić information content (AvgIpc) is 2.99. The third kappa shape index (κ3) is 3.05. The number of rotatable bonds is 4. The van der Waals surface area contributed by atoms with Crippen molar-refractivity contribution in [2.24, 2.45) is 5.73 Å². The summed E-state index contributed by atoms with van der Waals surface area (Å²) < 4.78 is 14.4. The summed E-state index contributed by atoms with van der Waals surface area (Å²) in [5.74, 6) is 0.681. The second-order valence-electron chi connectivity index (χ2n) is 5.02. The Kier molecular flexibility index (Phi) is 4.15. The third-order valence-corrected chi connectivity index (χ3v) is 3.30. The molecule has 0 saturated heterocycles. The van der Waals surface area contributed by atoms with Gasteiger partial charge in [0.15, 0.2) is 11.5 Å². The van der Waals surface area contributed by atoms with E-state index in [0.717, 1.165) is 12.4 Å². The Hall–Kier alpha value is -3.36. The van der Waals surface area contributed by atoms with Gasteiger partial charge >= 0.3 is 0 Å². The fourth-order valence-corrected chi connectivity index (χ4v) is 2.15. The van der Waals surface area contributed by atoms with E-state index in [9.17, 15) is 4.39 Å². The molecule has 122 valence electrons. The molecule has 3 aromatic rings. The quantitative estimate of drug-likeness (QED) is 0.497. The lowest BCUT2D eigenvalue weighted by atomic mass is 10.3. The highest BCUT2D eigenvalue weighted by molar-refractivity contribution is 5.97. The number of aromatic nitrogens is 5. The Bertz CT molecular complexity index is 899. The molecule has 3 aromatic heterocycles. The van der Waals surface area contributed by atoms with Crippen molar-refractivity contribution < 1.29 is 4.39 Å². The van der Waals surface area contributed by atoms with Gasteiger partial charge < -0.3 is 11.1 Å². The summed E-state index contributed by atoms with van der Waals surface area (Å²) in [7, 11) is 0. The van der Waals surface area contributed by atoms with Crippen molar-refractivity contribution in [3.63, 3.8) is 0 Å². The number of nitrogens with two attached hydrogens (primary N) is 1. The maximum absolute atomic E-state index is 12.9. The van der Waals surface area contributed by atoms with Crippen LogP contribution >= 0.6 is 0 Å². The van der Waals surface area contributed by atoms with E-state index in [1.54, 1.807) is 12.1 Å².